The number of ether oxygens (including phenoxy) is 1. The van der Waals surface area contributed by atoms with Crippen molar-refractivity contribution in [2.45, 2.75) is 0 Å². The highest BCUT2D eigenvalue weighted by atomic mass is 35.5. The van der Waals surface area contributed by atoms with Crippen LogP contribution in [-0.4, -0.2) is 19.6 Å². The SMILES string of the molecule is COCC(=O)Nc1ccc(Cl)c(Cl)c1. The van der Waals surface area contributed by atoms with Gasteiger partial charge in [-0.3, -0.25) is 4.79 Å². The molecule has 1 N–H and O–H groups in total. The van der Waals surface area contributed by atoms with Crippen molar-refractivity contribution in [3.05, 3.63) is 28.2 Å². The van der Waals surface area contributed by atoms with Crippen LogP contribution in [0.25, 0.3) is 0 Å². The second-order valence-corrected chi connectivity index (χ2v) is 3.42. The summed E-state index contributed by atoms with van der Waals surface area (Å²) < 4.78 is 4.66. The van der Waals surface area contributed by atoms with Gasteiger partial charge in [0.25, 0.3) is 0 Å². The molecular formula is C9H9Cl2NO2. The maximum absolute atomic E-state index is 11.1. The number of nitrogens with one attached hydrogen (secondary N) is 1. The summed E-state index contributed by atoms with van der Waals surface area (Å²) in [5, 5.41) is 3.46. The van der Waals surface area contributed by atoms with E-state index in [1.54, 1.807) is 18.2 Å². The molecule has 14 heavy (non-hydrogen) atoms. The third kappa shape index (κ3) is 3.18. The van der Waals surface area contributed by atoms with Gasteiger partial charge in [-0.05, 0) is 18.2 Å². The van der Waals surface area contributed by atoms with E-state index >= 15 is 0 Å². The Bertz CT molecular complexity index is 342. The Labute approximate surface area is 92.0 Å². The smallest absolute Gasteiger partial charge is 0.250 e. The molecule has 5 heteroatoms. The first-order valence-electron chi connectivity index (χ1n) is 3.87. The lowest BCUT2D eigenvalue weighted by Crippen LogP contribution is -2.16. The molecule has 0 heterocycles. The van der Waals surface area contributed by atoms with Crippen LogP contribution in [-0.2, 0) is 9.53 Å². The van der Waals surface area contributed by atoms with Gasteiger partial charge in [0.1, 0.15) is 6.61 Å². The number of benzene rings is 1. The van der Waals surface area contributed by atoms with Gasteiger partial charge in [0.15, 0.2) is 0 Å². The van der Waals surface area contributed by atoms with Crippen LogP contribution >= 0.6 is 23.2 Å². The molecule has 0 aliphatic rings. The summed E-state index contributed by atoms with van der Waals surface area (Å²) in [6, 6.07) is 4.87. The van der Waals surface area contributed by atoms with Crippen LogP contribution in [0.1, 0.15) is 0 Å². The minimum Gasteiger partial charge on any atom is -0.375 e. The van der Waals surface area contributed by atoms with Crippen LogP contribution in [0.2, 0.25) is 10.0 Å². The van der Waals surface area contributed by atoms with E-state index in [0.29, 0.717) is 15.7 Å². The second kappa shape index (κ2) is 5.20. The maximum Gasteiger partial charge on any atom is 0.250 e. The summed E-state index contributed by atoms with van der Waals surface area (Å²) in [4.78, 5) is 11.1. The zero-order valence-corrected chi connectivity index (χ0v) is 9.02. The molecular weight excluding hydrogens is 225 g/mol. The quantitative estimate of drug-likeness (QED) is 0.872. The molecule has 0 fully saturated rings. The van der Waals surface area contributed by atoms with E-state index in [2.05, 4.69) is 10.1 Å². The van der Waals surface area contributed by atoms with Crippen molar-refractivity contribution in [2.24, 2.45) is 0 Å². The summed E-state index contributed by atoms with van der Waals surface area (Å²) in [6.45, 7) is 0.0141. The summed E-state index contributed by atoms with van der Waals surface area (Å²) in [7, 11) is 1.45. The Morgan fingerprint density at radius 2 is 2.14 bits per heavy atom. The van der Waals surface area contributed by atoms with E-state index in [1.165, 1.54) is 7.11 Å². The monoisotopic (exact) mass is 233 g/mol. The minimum atomic E-state index is -0.231. The third-order valence-corrected chi connectivity index (χ3v) is 2.22. The first-order chi connectivity index (χ1) is 6.63. The highest BCUT2D eigenvalue weighted by Gasteiger charge is 2.03. The predicted molar refractivity (Wildman–Crippen MR) is 57.0 cm³/mol. The zero-order chi connectivity index (χ0) is 10.6. The Kier molecular flexibility index (Phi) is 4.20. The van der Waals surface area contributed by atoms with E-state index in [1.807, 2.05) is 0 Å². The topological polar surface area (TPSA) is 38.3 Å². The Hall–Kier alpha value is -0.770. The van der Waals surface area contributed by atoms with Crippen molar-refractivity contribution in [3.8, 4) is 0 Å². The van der Waals surface area contributed by atoms with Crippen molar-refractivity contribution < 1.29 is 9.53 Å². The van der Waals surface area contributed by atoms with Crippen molar-refractivity contribution in [3.63, 3.8) is 0 Å². The molecule has 76 valence electrons. The molecule has 1 amide bonds. The van der Waals surface area contributed by atoms with E-state index in [9.17, 15) is 4.79 Å². The molecule has 0 unspecified atom stereocenters. The van der Waals surface area contributed by atoms with Gasteiger partial charge in [-0.15, -0.1) is 0 Å². The molecule has 1 rings (SSSR count). The van der Waals surface area contributed by atoms with E-state index in [4.69, 9.17) is 23.2 Å². The third-order valence-electron chi connectivity index (χ3n) is 1.48. The van der Waals surface area contributed by atoms with Gasteiger partial charge in [-0.1, -0.05) is 23.2 Å². The molecule has 0 atom stereocenters. The van der Waals surface area contributed by atoms with Crippen LogP contribution in [0.3, 0.4) is 0 Å². The van der Waals surface area contributed by atoms with Gasteiger partial charge in [0, 0.05) is 12.8 Å². The number of carbonyl (C=O) groups is 1. The maximum atomic E-state index is 11.1. The van der Waals surface area contributed by atoms with Crippen molar-refractivity contribution >= 4 is 34.8 Å². The highest BCUT2D eigenvalue weighted by molar-refractivity contribution is 6.42. The summed E-state index contributed by atoms with van der Waals surface area (Å²) >= 11 is 11.5. The van der Waals surface area contributed by atoms with Gasteiger partial charge in [0.2, 0.25) is 5.91 Å². The summed E-state index contributed by atoms with van der Waals surface area (Å²) in [6.07, 6.45) is 0. The van der Waals surface area contributed by atoms with Crippen molar-refractivity contribution in [1.29, 1.82) is 0 Å². The fourth-order valence-corrected chi connectivity index (χ4v) is 1.20. The zero-order valence-electron chi connectivity index (χ0n) is 7.51. The molecule has 0 aliphatic heterocycles. The fourth-order valence-electron chi connectivity index (χ4n) is 0.902. The van der Waals surface area contributed by atoms with Gasteiger partial charge >= 0.3 is 0 Å². The number of hydrogen-bond donors (Lipinski definition) is 1. The molecule has 0 radical (unpaired) electrons. The van der Waals surface area contributed by atoms with Crippen LogP contribution in [0.5, 0.6) is 0 Å². The van der Waals surface area contributed by atoms with Crippen LogP contribution < -0.4 is 5.32 Å². The van der Waals surface area contributed by atoms with Gasteiger partial charge in [-0.2, -0.15) is 0 Å². The highest BCUT2D eigenvalue weighted by Crippen LogP contribution is 2.24. The molecule has 1 aromatic carbocycles. The second-order valence-electron chi connectivity index (χ2n) is 2.61. The molecule has 0 bridgehead atoms. The van der Waals surface area contributed by atoms with E-state index in [0.717, 1.165) is 0 Å². The van der Waals surface area contributed by atoms with E-state index < -0.39 is 0 Å². The molecule has 0 aliphatic carbocycles. The number of carbonyl (C=O) groups excluding carboxylic acids is 1. The predicted octanol–water partition coefficient (Wildman–Crippen LogP) is 2.58. The normalized spacial score (nSPS) is 9.93. The first-order valence-corrected chi connectivity index (χ1v) is 4.63. The van der Waals surface area contributed by atoms with Crippen LogP contribution in [0.15, 0.2) is 18.2 Å². The summed E-state index contributed by atoms with van der Waals surface area (Å²) in [5.41, 5.74) is 0.599. The molecule has 0 saturated heterocycles. The van der Waals surface area contributed by atoms with Gasteiger partial charge < -0.3 is 10.1 Å². The fraction of sp³-hybridized carbons (Fsp3) is 0.222. The molecule has 0 aromatic heterocycles. The minimum absolute atomic E-state index is 0.0141. The number of halogens is 2. The standard InChI is InChI=1S/C9H9Cl2NO2/c1-14-5-9(13)12-6-2-3-7(10)8(11)4-6/h2-4H,5H2,1H3,(H,12,13). The largest absolute Gasteiger partial charge is 0.375 e. The lowest BCUT2D eigenvalue weighted by molar-refractivity contribution is -0.119. The molecule has 0 saturated carbocycles. The van der Waals surface area contributed by atoms with Gasteiger partial charge in [0.05, 0.1) is 10.0 Å². The average Bonchev–Trinajstić information content (AvgIpc) is 2.12. The first kappa shape index (κ1) is 11.3. The number of amides is 1. The molecule has 3 nitrogen and oxygen atoms in total. The lowest BCUT2D eigenvalue weighted by atomic mass is 10.3. The van der Waals surface area contributed by atoms with Crippen LogP contribution in [0, 0.1) is 0 Å². The Morgan fingerprint density at radius 3 is 2.71 bits per heavy atom. The van der Waals surface area contributed by atoms with Gasteiger partial charge in [-0.25, -0.2) is 0 Å². The number of methoxy groups -OCH3 is 1. The Balaban J connectivity index is 2.68. The number of rotatable bonds is 3. The number of anilines is 1. The lowest BCUT2D eigenvalue weighted by Gasteiger charge is -2.05. The summed E-state index contributed by atoms with van der Waals surface area (Å²) in [5.74, 6) is -0.231. The average molecular weight is 234 g/mol. The number of hydrogen-bond acceptors (Lipinski definition) is 2. The molecule has 0 spiro atoms. The van der Waals surface area contributed by atoms with Crippen molar-refractivity contribution in [2.75, 3.05) is 19.0 Å². The Morgan fingerprint density at radius 1 is 1.43 bits per heavy atom. The van der Waals surface area contributed by atoms with Crippen molar-refractivity contribution in [1.82, 2.24) is 0 Å². The molecule has 1 aromatic rings. The van der Waals surface area contributed by atoms with Crippen LogP contribution in [0.4, 0.5) is 5.69 Å². The van der Waals surface area contributed by atoms with E-state index in [-0.39, 0.29) is 12.5 Å².